The number of carbonyl (C=O) groups is 1. The lowest BCUT2D eigenvalue weighted by atomic mass is 10.0. The zero-order valence-corrected chi connectivity index (χ0v) is 25.6. The molecule has 0 N–H and O–H groups in total. The second-order valence-electron chi connectivity index (χ2n) is 9.63. The number of fused-ring (bicyclic) bond motifs is 1. The van der Waals surface area contributed by atoms with Gasteiger partial charge in [0.2, 0.25) is 10.0 Å². The van der Waals surface area contributed by atoms with Gasteiger partial charge in [0.15, 0.2) is 5.13 Å². The van der Waals surface area contributed by atoms with Crippen LogP contribution >= 0.6 is 23.7 Å². The van der Waals surface area contributed by atoms with E-state index in [1.54, 1.807) is 33.5 Å². The molecule has 0 aliphatic carbocycles. The molecule has 214 valence electrons. The van der Waals surface area contributed by atoms with E-state index in [2.05, 4.69) is 25.7 Å². The van der Waals surface area contributed by atoms with E-state index >= 15 is 0 Å². The highest BCUT2D eigenvalue weighted by Gasteiger charge is 2.29. The topological polar surface area (TPSA) is 83.0 Å². The first-order valence-corrected chi connectivity index (χ1v) is 15.7. The van der Waals surface area contributed by atoms with E-state index in [0.29, 0.717) is 55.1 Å². The normalized spacial score (nSPS) is 14.9. The van der Waals surface area contributed by atoms with Crippen molar-refractivity contribution in [2.45, 2.75) is 45.4 Å². The quantitative estimate of drug-likeness (QED) is 0.290. The number of para-hydroxylation sites is 1. The minimum Gasteiger partial charge on any atom is -0.492 e. The monoisotopic (exact) mass is 594 g/mol. The number of piperidine rings is 1. The number of hydrogen-bond donors (Lipinski definition) is 0. The number of hydrogen-bond acceptors (Lipinski definition) is 7. The van der Waals surface area contributed by atoms with Crippen LogP contribution in [-0.2, 0) is 10.0 Å². The summed E-state index contributed by atoms with van der Waals surface area (Å²) in [7, 11) is -3.58. The van der Waals surface area contributed by atoms with E-state index in [-0.39, 0.29) is 23.2 Å². The maximum atomic E-state index is 13.8. The van der Waals surface area contributed by atoms with Crippen molar-refractivity contribution in [3.8, 4) is 5.75 Å². The summed E-state index contributed by atoms with van der Waals surface area (Å²) in [5.74, 6) is 1.03. The number of sulfonamides is 1. The van der Waals surface area contributed by atoms with Crippen LogP contribution in [0.4, 0.5) is 5.13 Å². The van der Waals surface area contributed by atoms with Gasteiger partial charge in [-0.2, -0.15) is 4.31 Å². The SMILES string of the molecule is CCOc1cccc2sc(N(CCN(CC)CC)C(=O)c3ccc(S(=O)(=O)N4CCC(C)CC4)cc3)nc12.Cl. The largest absolute Gasteiger partial charge is 0.492 e. The summed E-state index contributed by atoms with van der Waals surface area (Å²) in [6, 6.07) is 12.1. The van der Waals surface area contributed by atoms with Crippen molar-refractivity contribution in [1.82, 2.24) is 14.2 Å². The van der Waals surface area contributed by atoms with Crippen LogP contribution in [0.15, 0.2) is 47.4 Å². The lowest BCUT2D eigenvalue weighted by Crippen LogP contribution is -2.39. The minimum atomic E-state index is -3.58. The molecule has 0 radical (unpaired) electrons. The van der Waals surface area contributed by atoms with E-state index in [9.17, 15) is 13.2 Å². The van der Waals surface area contributed by atoms with Gasteiger partial charge >= 0.3 is 0 Å². The van der Waals surface area contributed by atoms with Crippen LogP contribution in [0.1, 0.15) is 50.9 Å². The molecule has 0 saturated carbocycles. The Balaban J connectivity index is 0.00000420. The molecule has 39 heavy (non-hydrogen) atoms. The first-order chi connectivity index (χ1) is 18.3. The Morgan fingerprint density at radius 1 is 1.05 bits per heavy atom. The third-order valence-electron chi connectivity index (χ3n) is 7.16. The number of benzene rings is 2. The molecule has 4 rings (SSSR count). The average molecular weight is 595 g/mol. The number of ether oxygens (including phenoxy) is 1. The molecular weight excluding hydrogens is 556 g/mol. The van der Waals surface area contributed by atoms with Gasteiger partial charge in [0.05, 0.1) is 16.2 Å². The van der Waals surface area contributed by atoms with Crippen LogP contribution in [0.2, 0.25) is 0 Å². The molecule has 11 heteroatoms. The Morgan fingerprint density at radius 3 is 2.33 bits per heavy atom. The lowest BCUT2D eigenvalue weighted by Gasteiger charge is -2.29. The number of thiazole rings is 1. The summed E-state index contributed by atoms with van der Waals surface area (Å²) in [6.45, 7) is 12.8. The molecule has 3 aromatic rings. The highest BCUT2D eigenvalue weighted by atomic mass is 35.5. The lowest BCUT2D eigenvalue weighted by molar-refractivity contribution is 0.0983. The summed E-state index contributed by atoms with van der Waals surface area (Å²) in [5.41, 5.74) is 1.17. The number of carbonyl (C=O) groups excluding carboxylic acids is 1. The Kier molecular flexibility index (Phi) is 11.1. The molecule has 2 heterocycles. The number of likely N-dealkylation sites (N-methyl/N-ethyl adjacent to an activating group) is 1. The number of rotatable bonds is 11. The fourth-order valence-corrected chi connectivity index (χ4v) is 7.14. The van der Waals surface area contributed by atoms with Crippen LogP contribution in [0.25, 0.3) is 10.2 Å². The molecule has 0 atom stereocenters. The van der Waals surface area contributed by atoms with Crippen molar-refractivity contribution in [3.05, 3.63) is 48.0 Å². The first kappa shape index (κ1) is 31.3. The zero-order valence-electron chi connectivity index (χ0n) is 23.1. The second kappa shape index (κ2) is 13.9. The fourth-order valence-electron chi connectivity index (χ4n) is 4.66. The van der Waals surface area contributed by atoms with E-state index in [4.69, 9.17) is 9.72 Å². The highest BCUT2D eigenvalue weighted by molar-refractivity contribution is 7.89. The average Bonchev–Trinajstić information content (AvgIpc) is 3.36. The van der Waals surface area contributed by atoms with E-state index < -0.39 is 10.0 Å². The summed E-state index contributed by atoms with van der Waals surface area (Å²) in [4.78, 5) is 22.8. The number of aromatic nitrogens is 1. The molecule has 1 aromatic heterocycles. The van der Waals surface area contributed by atoms with Gasteiger partial charge in [0.1, 0.15) is 11.3 Å². The highest BCUT2D eigenvalue weighted by Crippen LogP contribution is 2.35. The van der Waals surface area contributed by atoms with Gasteiger partial charge in [-0.25, -0.2) is 13.4 Å². The number of nitrogens with zero attached hydrogens (tertiary/aromatic N) is 4. The minimum absolute atomic E-state index is 0. The predicted octanol–water partition coefficient (Wildman–Crippen LogP) is 5.53. The predicted molar refractivity (Wildman–Crippen MR) is 161 cm³/mol. The molecule has 8 nitrogen and oxygen atoms in total. The van der Waals surface area contributed by atoms with Crippen LogP contribution < -0.4 is 9.64 Å². The summed E-state index contributed by atoms with van der Waals surface area (Å²) >= 11 is 1.45. The molecule has 1 aliphatic heterocycles. The van der Waals surface area contributed by atoms with Crippen molar-refractivity contribution in [2.24, 2.45) is 5.92 Å². The molecule has 2 aromatic carbocycles. The van der Waals surface area contributed by atoms with Crippen LogP contribution in [0.5, 0.6) is 5.75 Å². The van der Waals surface area contributed by atoms with Gasteiger partial charge in [0.25, 0.3) is 5.91 Å². The van der Waals surface area contributed by atoms with Gasteiger partial charge in [-0.05, 0) is 75.2 Å². The molecule has 0 spiro atoms. The van der Waals surface area contributed by atoms with Gasteiger partial charge in [0, 0.05) is 31.7 Å². The van der Waals surface area contributed by atoms with Crippen molar-refractivity contribution < 1.29 is 17.9 Å². The standard InChI is InChI=1S/C28H38N4O4S2.ClH/c1-5-30(6-2)19-20-32(28-29-26-24(36-7-3)9-8-10-25(26)37-28)27(33)22-11-13-23(14-12-22)38(34,35)31-17-15-21(4)16-18-31;/h8-14,21H,5-7,15-20H2,1-4H3;1H. The van der Waals surface area contributed by atoms with Crippen LogP contribution in [-0.4, -0.2) is 74.4 Å². The number of amides is 1. The molecule has 1 fully saturated rings. The Bertz CT molecular complexity index is 1340. The Labute approximate surface area is 242 Å². The van der Waals surface area contributed by atoms with Crippen molar-refractivity contribution in [1.29, 1.82) is 0 Å². The molecule has 1 saturated heterocycles. The fraction of sp³-hybridized carbons (Fsp3) is 0.500. The number of anilines is 1. The maximum absolute atomic E-state index is 13.8. The van der Waals surface area contributed by atoms with E-state index in [1.807, 2.05) is 25.1 Å². The zero-order chi connectivity index (χ0) is 27.3. The Morgan fingerprint density at radius 2 is 1.72 bits per heavy atom. The van der Waals surface area contributed by atoms with E-state index in [1.165, 1.54) is 11.3 Å². The van der Waals surface area contributed by atoms with E-state index in [0.717, 1.165) is 36.1 Å². The molecule has 1 amide bonds. The first-order valence-electron chi connectivity index (χ1n) is 13.4. The molecule has 1 aliphatic rings. The summed E-state index contributed by atoms with van der Waals surface area (Å²) in [5, 5.41) is 0.600. The molecule has 0 bridgehead atoms. The van der Waals surface area contributed by atoms with Gasteiger partial charge < -0.3 is 9.64 Å². The maximum Gasteiger partial charge on any atom is 0.260 e. The van der Waals surface area contributed by atoms with Crippen molar-refractivity contribution in [3.63, 3.8) is 0 Å². The molecular formula is C28H39ClN4O4S2. The third-order valence-corrected chi connectivity index (χ3v) is 10.1. The summed E-state index contributed by atoms with van der Waals surface area (Å²) < 4.78 is 34.6. The smallest absolute Gasteiger partial charge is 0.260 e. The van der Waals surface area contributed by atoms with Crippen LogP contribution in [0, 0.1) is 5.92 Å². The van der Waals surface area contributed by atoms with Gasteiger partial charge in [-0.3, -0.25) is 9.69 Å². The second-order valence-corrected chi connectivity index (χ2v) is 12.6. The molecule has 0 unspecified atom stereocenters. The third kappa shape index (κ3) is 7.10. The van der Waals surface area contributed by atoms with Gasteiger partial charge in [-0.15, -0.1) is 12.4 Å². The number of halogens is 1. The Hall–Kier alpha value is -2.24. The summed E-state index contributed by atoms with van der Waals surface area (Å²) in [6.07, 6.45) is 1.73. The van der Waals surface area contributed by atoms with Crippen molar-refractivity contribution in [2.75, 3.05) is 50.8 Å². The van der Waals surface area contributed by atoms with Crippen molar-refractivity contribution >= 4 is 55.0 Å². The van der Waals surface area contributed by atoms with Crippen LogP contribution in [0.3, 0.4) is 0 Å². The van der Waals surface area contributed by atoms with Gasteiger partial charge in [-0.1, -0.05) is 38.2 Å².